The van der Waals surface area contributed by atoms with E-state index in [1.54, 1.807) is 12.0 Å². The Hall–Kier alpha value is -2.34. The van der Waals surface area contributed by atoms with Crippen LogP contribution in [-0.2, 0) is 19.1 Å². The summed E-state index contributed by atoms with van der Waals surface area (Å²) in [4.78, 5) is 27.5. The van der Waals surface area contributed by atoms with Crippen molar-refractivity contribution in [2.24, 2.45) is 17.8 Å². The van der Waals surface area contributed by atoms with E-state index in [1.807, 2.05) is 50.3 Å². The molecule has 0 N–H and O–H groups in total. The van der Waals surface area contributed by atoms with E-state index in [4.69, 9.17) is 14.2 Å². The predicted octanol–water partition coefficient (Wildman–Crippen LogP) is 2.18. The summed E-state index contributed by atoms with van der Waals surface area (Å²) in [5.74, 6) is -0.559. The van der Waals surface area contributed by atoms with Crippen LogP contribution < -0.4 is 9.64 Å². The van der Waals surface area contributed by atoms with Crippen molar-refractivity contribution in [2.45, 2.75) is 25.6 Å². The van der Waals surface area contributed by atoms with Gasteiger partial charge in [-0.15, -0.1) is 0 Å². The average molecular weight is 357 g/mol. The molecule has 2 bridgehead atoms. The zero-order chi connectivity index (χ0) is 18.5. The molecule has 3 aliphatic rings. The zero-order valence-corrected chi connectivity index (χ0v) is 15.2. The second-order valence-corrected chi connectivity index (χ2v) is 7.55. The van der Waals surface area contributed by atoms with Gasteiger partial charge < -0.3 is 19.1 Å². The number of rotatable bonds is 5. The fourth-order valence-corrected chi connectivity index (χ4v) is 4.09. The smallest absolute Gasteiger partial charge is 0.312 e. The predicted molar refractivity (Wildman–Crippen MR) is 94.9 cm³/mol. The number of fused-ring (bicyclic) bond motifs is 1. The van der Waals surface area contributed by atoms with Crippen LogP contribution in [0, 0.1) is 17.8 Å². The zero-order valence-electron chi connectivity index (χ0n) is 15.2. The van der Waals surface area contributed by atoms with Crippen LogP contribution in [0.2, 0.25) is 0 Å². The Balaban J connectivity index is 1.59. The number of ether oxygens (including phenoxy) is 3. The van der Waals surface area contributed by atoms with E-state index in [-0.39, 0.29) is 23.9 Å². The van der Waals surface area contributed by atoms with Crippen molar-refractivity contribution >= 4 is 17.6 Å². The molecular formula is C20H23NO5. The van der Waals surface area contributed by atoms with Crippen molar-refractivity contribution in [3.63, 3.8) is 0 Å². The highest BCUT2D eigenvalue weighted by atomic mass is 16.6. The molecule has 138 valence electrons. The van der Waals surface area contributed by atoms with Gasteiger partial charge in [-0.1, -0.05) is 26.0 Å². The summed E-state index contributed by atoms with van der Waals surface area (Å²) >= 11 is 0. The van der Waals surface area contributed by atoms with E-state index in [2.05, 4.69) is 0 Å². The molecule has 0 saturated carbocycles. The van der Waals surface area contributed by atoms with Gasteiger partial charge in [-0.25, -0.2) is 0 Å². The first-order chi connectivity index (χ1) is 12.4. The van der Waals surface area contributed by atoms with Gasteiger partial charge in [-0.3, -0.25) is 9.59 Å². The summed E-state index contributed by atoms with van der Waals surface area (Å²) in [6, 6.07) is 7.32. The molecule has 0 radical (unpaired) electrons. The third-order valence-electron chi connectivity index (χ3n) is 5.32. The highest BCUT2D eigenvalue weighted by Crippen LogP contribution is 2.52. The van der Waals surface area contributed by atoms with Gasteiger partial charge in [0, 0.05) is 5.69 Å². The highest BCUT2D eigenvalue weighted by Gasteiger charge is 2.67. The monoisotopic (exact) mass is 357 g/mol. The number of amides is 1. The standard InChI is InChI=1S/C20H23NO5/c1-12(2)10-25-19(23)16-15-8-9-20(26-15)11-21(18(22)17(16)20)13-4-6-14(24-3)7-5-13/h4-9,12,15-17H,10-11H2,1-3H3/t15-,16+,17-,20-/m0/s1. The number of carbonyl (C=O) groups excluding carboxylic acids is 2. The Morgan fingerprint density at radius 1 is 1.35 bits per heavy atom. The van der Waals surface area contributed by atoms with E-state index < -0.39 is 17.4 Å². The second-order valence-electron chi connectivity index (χ2n) is 7.55. The van der Waals surface area contributed by atoms with Crippen molar-refractivity contribution in [1.82, 2.24) is 0 Å². The summed E-state index contributed by atoms with van der Waals surface area (Å²) in [5.41, 5.74) is 0.0396. The van der Waals surface area contributed by atoms with E-state index >= 15 is 0 Å². The van der Waals surface area contributed by atoms with E-state index in [0.717, 1.165) is 11.4 Å². The summed E-state index contributed by atoms with van der Waals surface area (Å²) in [6.07, 6.45) is 3.46. The molecule has 0 unspecified atom stereocenters. The van der Waals surface area contributed by atoms with Crippen molar-refractivity contribution in [3.8, 4) is 5.75 Å². The molecular weight excluding hydrogens is 334 g/mol. The third kappa shape index (κ3) is 2.51. The van der Waals surface area contributed by atoms with Crippen molar-refractivity contribution in [2.75, 3.05) is 25.2 Å². The average Bonchev–Trinajstić information content (AvgIpc) is 3.28. The Morgan fingerprint density at radius 2 is 2.08 bits per heavy atom. The minimum Gasteiger partial charge on any atom is -0.497 e. The number of carbonyl (C=O) groups is 2. The number of benzene rings is 1. The van der Waals surface area contributed by atoms with Gasteiger partial charge in [0.15, 0.2) is 0 Å². The van der Waals surface area contributed by atoms with Gasteiger partial charge >= 0.3 is 5.97 Å². The molecule has 4 rings (SSSR count). The summed E-state index contributed by atoms with van der Waals surface area (Å²) in [6.45, 7) is 4.72. The molecule has 0 aliphatic carbocycles. The molecule has 6 nitrogen and oxygen atoms in total. The Morgan fingerprint density at radius 3 is 2.73 bits per heavy atom. The molecule has 3 heterocycles. The van der Waals surface area contributed by atoms with Crippen molar-refractivity contribution < 1.29 is 23.8 Å². The van der Waals surface area contributed by atoms with Crippen LogP contribution in [0.15, 0.2) is 36.4 Å². The summed E-state index contributed by atoms with van der Waals surface area (Å²) in [5, 5.41) is 0. The fourth-order valence-electron chi connectivity index (χ4n) is 4.09. The van der Waals surface area contributed by atoms with E-state index in [0.29, 0.717) is 13.2 Å². The fraction of sp³-hybridized carbons (Fsp3) is 0.500. The second kappa shape index (κ2) is 6.13. The first kappa shape index (κ1) is 17.1. The minimum atomic E-state index is -0.733. The van der Waals surface area contributed by atoms with Crippen LogP contribution in [0.4, 0.5) is 5.69 Å². The van der Waals surface area contributed by atoms with E-state index in [1.165, 1.54) is 0 Å². The molecule has 1 spiro atoms. The number of esters is 1. The molecule has 1 aromatic carbocycles. The highest BCUT2D eigenvalue weighted by molar-refractivity contribution is 6.02. The number of nitrogens with zero attached hydrogens (tertiary/aromatic N) is 1. The van der Waals surface area contributed by atoms with Gasteiger partial charge in [0.25, 0.3) is 0 Å². The van der Waals surface area contributed by atoms with E-state index in [9.17, 15) is 9.59 Å². The minimum absolute atomic E-state index is 0.0893. The molecule has 0 aromatic heterocycles. The molecule has 6 heteroatoms. The van der Waals surface area contributed by atoms with Gasteiger partial charge in [0.1, 0.15) is 17.3 Å². The molecule has 2 saturated heterocycles. The molecule has 4 atom stereocenters. The van der Waals surface area contributed by atoms with Crippen LogP contribution in [-0.4, -0.2) is 43.8 Å². The van der Waals surface area contributed by atoms with Crippen LogP contribution in [0.25, 0.3) is 0 Å². The molecule has 26 heavy (non-hydrogen) atoms. The maximum atomic E-state index is 13.2. The largest absolute Gasteiger partial charge is 0.497 e. The lowest BCUT2D eigenvalue weighted by molar-refractivity contribution is -0.153. The van der Waals surface area contributed by atoms with Crippen LogP contribution in [0.5, 0.6) is 5.75 Å². The maximum Gasteiger partial charge on any atom is 0.312 e. The number of anilines is 1. The van der Waals surface area contributed by atoms with Crippen LogP contribution >= 0.6 is 0 Å². The Kier molecular flexibility index (Phi) is 4.03. The molecule has 2 fully saturated rings. The Bertz CT molecular complexity index is 756. The van der Waals surface area contributed by atoms with Gasteiger partial charge in [0.05, 0.1) is 32.3 Å². The lowest BCUT2D eigenvalue weighted by Gasteiger charge is -2.23. The molecule has 1 aromatic rings. The maximum absolute atomic E-state index is 13.2. The first-order valence-corrected chi connectivity index (χ1v) is 8.94. The summed E-state index contributed by atoms with van der Waals surface area (Å²) in [7, 11) is 1.60. The van der Waals surface area contributed by atoms with Gasteiger partial charge in [0.2, 0.25) is 5.91 Å². The third-order valence-corrected chi connectivity index (χ3v) is 5.32. The van der Waals surface area contributed by atoms with Crippen molar-refractivity contribution in [1.29, 1.82) is 0 Å². The number of hydrogen-bond donors (Lipinski definition) is 0. The summed E-state index contributed by atoms with van der Waals surface area (Å²) < 4.78 is 16.7. The number of hydrogen-bond acceptors (Lipinski definition) is 5. The van der Waals surface area contributed by atoms with Crippen molar-refractivity contribution in [3.05, 3.63) is 36.4 Å². The first-order valence-electron chi connectivity index (χ1n) is 8.94. The number of methoxy groups -OCH3 is 1. The Labute approximate surface area is 152 Å². The SMILES string of the molecule is COc1ccc(N2C[C@]34C=C[C@H](O3)[C@@H](C(=O)OCC(C)C)[C@H]4C2=O)cc1. The molecule has 3 aliphatic heterocycles. The lowest BCUT2D eigenvalue weighted by atomic mass is 9.77. The van der Waals surface area contributed by atoms with Gasteiger partial charge in [-0.2, -0.15) is 0 Å². The van der Waals surface area contributed by atoms with Crippen LogP contribution in [0.3, 0.4) is 0 Å². The normalized spacial score (nSPS) is 31.6. The topological polar surface area (TPSA) is 65.1 Å². The van der Waals surface area contributed by atoms with Crippen LogP contribution in [0.1, 0.15) is 13.8 Å². The lowest BCUT2D eigenvalue weighted by Crippen LogP contribution is -2.40. The molecule has 1 amide bonds. The van der Waals surface area contributed by atoms with Gasteiger partial charge in [-0.05, 0) is 30.2 Å². The quantitative estimate of drug-likeness (QED) is 0.597.